The van der Waals surface area contributed by atoms with E-state index in [-0.39, 0.29) is 59.1 Å². The van der Waals surface area contributed by atoms with E-state index in [1.54, 1.807) is 6.20 Å². The van der Waals surface area contributed by atoms with Crippen LogP contribution in [0.3, 0.4) is 0 Å². The van der Waals surface area contributed by atoms with Gasteiger partial charge in [0.25, 0.3) is 0 Å². The Hall–Kier alpha value is -0.0662. The maximum Gasteiger partial charge on any atom is 1.00 e. The van der Waals surface area contributed by atoms with Gasteiger partial charge in [0.05, 0.1) is 106 Å². The van der Waals surface area contributed by atoms with Crippen LogP contribution >= 0.6 is 0 Å². The Morgan fingerprint density at radius 1 is 0.414 bits per heavy atom. The van der Waals surface area contributed by atoms with E-state index in [2.05, 4.69) is 59.2 Å². The monoisotopic (exact) mass is 873 g/mol. The number of nitrogens with zero attached hydrogens (tertiary/aromatic N) is 3. The van der Waals surface area contributed by atoms with Crippen molar-refractivity contribution in [1.82, 2.24) is 4.98 Å². The van der Waals surface area contributed by atoms with E-state index < -0.39 is 16.5 Å². The van der Waals surface area contributed by atoms with Crippen LogP contribution in [0.4, 0.5) is 11.6 Å². The molecule has 18 heteroatoms. The molecule has 0 aliphatic carbocycles. The molecule has 0 unspecified atom stereocenters. The SMILES string of the molecule is C1CCOC1.C1CCOC1.C1COCCOCCOCCO1.C1COCCOCCOCCO1.C[Si](C)(C)[N-]c1cccc[nH+]1.C[Si](C)(C)[N-]c1ccccn1.[Na+].[Na+]. The van der Waals surface area contributed by atoms with Crippen molar-refractivity contribution in [3.05, 3.63) is 58.8 Å². The Kier molecular flexibility index (Phi) is 45.1. The van der Waals surface area contributed by atoms with Crippen LogP contribution in [-0.2, 0) is 47.4 Å². The van der Waals surface area contributed by atoms with Crippen LogP contribution in [0.25, 0.3) is 9.96 Å². The third kappa shape index (κ3) is 47.0. The molecule has 4 aliphatic heterocycles. The number of nitrogens with one attached hydrogen (secondary N) is 1. The molecule has 0 amide bonds. The van der Waals surface area contributed by atoms with Gasteiger partial charge in [-0.15, -0.1) is 0 Å². The van der Waals surface area contributed by atoms with Crippen molar-refractivity contribution in [3.63, 3.8) is 0 Å². The molecule has 6 heterocycles. The first-order valence-corrected chi connectivity index (χ1v) is 27.2. The smallest absolute Gasteiger partial charge is 0.472 e. The van der Waals surface area contributed by atoms with Gasteiger partial charge in [0, 0.05) is 40.9 Å². The van der Waals surface area contributed by atoms with E-state index in [1.165, 1.54) is 25.7 Å². The number of H-pyrrole nitrogens is 1. The number of ether oxygens (including phenoxy) is 10. The van der Waals surface area contributed by atoms with Gasteiger partial charge >= 0.3 is 59.1 Å². The minimum atomic E-state index is -1.34. The van der Waals surface area contributed by atoms with Crippen LogP contribution in [0.1, 0.15) is 25.7 Å². The number of aromatic nitrogens is 2. The van der Waals surface area contributed by atoms with Crippen molar-refractivity contribution < 1.29 is 111 Å². The standard InChI is InChI=1S/2C8H13N2Si.2C8H16O4.2C4H8O.2Na/c2*1-11(2,3)10-8-6-4-5-7-9-8;2*1-2-10-5-6-12-8-7-11-4-3-9-1;2*1-2-4-5-3-1;;/h2*4-7H,1-3H3;2*1-8H2;2*1-4H2;;/q2*-1;;;;;2*+1/p+1. The van der Waals surface area contributed by atoms with Crippen molar-refractivity contribution >= 4 is 28.1 Å². The Balaban J connectivity index is 0. The normalized spacial score (nSPS) is 18.3. The first-order valence-electron chi connectivity index (χ1n) is 20.3. The second-order valence-corrected chi connectivity index (χ2v) is 23.7. The maximum absolute atomic E-state index is 5.22. The molecule has 324 valence electrons. The average Bonchev–Trinajstić information content (AvgIpc) is 3.94. The summed E-state index contributed by atoms with van der Waals surface area (Å²) in [6.45, 7) is 27.5. The van der Waals surface area contributed by atoms with Gasteiger partial charge in [-0.1, -0.05) is 55.9 Å². The number of pyridine rings is 2. The zero-order valence-corrected chi connectivity index (χ0v) is 43.5. The number of aromatic amines is 1. The summed E-state index contributed by atoms with van der Waals surface area (Å²) in [7, 11) is -2.64. The summed E-state index contributed by atoms with van der Waals surface area (Å²) < 4.78 is 51.6. The van der Waals surface area contributed by atoms with Gasteiger partial charge in [-0.25, -0.2) is 0 Å². The van der Waals surface area contributed by atoms with Crippen LogP contribution in [-0.4, -0.2) is 154 Å². The zero-order valence-electron chi connectivity index (χ0n) is 37.5. The van der Waals surface area contributed by atoms with E-state index in [4.69, 9.17) is 47.4 Å². The molecule has 2 aromatic heterocycles. The largest absolute Gasteiger partial charge is 1.00 e. The summed E-state index contributed by atoms with van der Waals surface area (Å²) >= 11 is 0. The summed E-state index contributed by atoms with van der Waals surface area (Å²) in [5.41, 5.74) is 0. The van der Waals surface area contributed by atoms with Crippen LogP contribution in [0.5, 0.6) is 0 Å². The van der Waals surface area contributed by atoms with Crippen molar-refractivity contribution in [2.75, 3.05) is 132 Å². The van der Waals surface area contributed by atoms with Crippen LogP contribution in [0, 0.1) is 0 Å². The molecular formula is C40H75N4Na2O10Si2+. The molecule has 1 N–H and O–H groups in total. The van der Waals surface area contributed by atoms with Crippen LogP contribution < -0.4 is 64.1 Å². The Morgan fingerprint density at radius 3 is 0.948 bits per heavy atom. The molecule has 0 aromatic carbocycles. The molecule has 2 aromatic rings. The van der Waals surface area contributed by atoms with Crippen LogP contribution in [0.2, 0.25) is 39.3 Å². The number of hydrogen-bond donors (Lipinski definition) is 0. The molecule has 0 atom stereocenters. The van der Waals surface area contributed by atoms with E-state index in [9.17, 15) is 0 Å². The van der Waals surface area contributed by atoms with Crippen LogP contribution in [0.15, 0.2) is 48.8 Å². The first kappa shape index (κ1) is 60.0. The molecule has 4 aliphatic rings. The second kappa shape index (κ2) is 43.6. The minimum absolute atomic E-state index is 0. The van der Waals surface area contributed by atoms with Crippen molar-refractivity contribution in [2.24, 2.45) is 0 Å². The zero-order chi connectivity index (χ0) is 40.7. The van der Waals surface area contributed by atoms with E-state index in [0.29, 0.717) is 106 Å². The average molecular weight is 874 g/mol. The number of rotatable bonds is 4. The first-order chi connectivity index (χ1) is 27.2. The predicted octanol–water partition coefficient (Wildman–Crippen LogP) is 0.997. The van der Waals surface area contributed by atoms with E-state index >= 15 is 0 Å². The Bertz CT molecular complexity index is 908. The Morgan fingerprint density at radius 2 is 0.724 bits per heavy atom. The molecule has 0 radical (unpaired) electrons. The molecule has 4 saturated heterocycles. The predicted molar refractivity (Wildman–Crippen MR) is 227 cm³/mol. The van der Waals surface area contributed by atoms with Gasteiger partial charge in [0.1, 0.15) is 5.82 Å². The van der Waals surface area contributed by atoms with Gasteiger partial charge in [0.15, 0.2) is 8.24 Å². The summed E-state index contributed by atoms with van der Waals surface area (Å²) in [5.74, 6) is 1.86. The molecule has 14 nitrogen and oxygen atoms in total. The van der Waals surface area contributed by atoms with E-state index in [1.807, 2.05) is 42.6 Å². The van der Waals surface area contributed by atoms with Gasteiger partial charge in [-0.3, -0.25) is 0 Å². The van der Waals surface area contributed by atoms with E-state index in [0.717, 1.165) is 38.1 Å². The molecule has 0 spiro atoms. The third-order valence-corrected chi connectivity index (χ3v) is 8.69. The summed E-state index contributed by atoms with van der Waals surface area (Å²) in [5, 5.41) is 0. The van der Waals surface area contributed by atoms with Gasteiger partial charge in [-0.2, -0.15) is 0 Å². The second-order valence-electron chi connectivity index (χ2n) is 14.5. The molecular weight excluding hydrogens is 799 g/mol. The fourth-order valence-electron chi connectivity index (χ4n) is 4.36. The summed E-state index contributed by atoms with van der Waals surface area (Å²) in [4.78, 5) is 16.3. The number of hydrogen-bond acceptors (Lipinski definition) is 11. The maximum atomic E-state index is 5.22. The van der Waals surface area contributed by atoms with Crippen molar-refractivity contribution in [2.45, 2.75) is 65.0 Å². The van der Waals surface area contributed by atoms with Crippen molar-refractivity contribution in [3.8, 4) is 0 Å². The minimum Gasteiger partial charge on any atom is -0.472 e. The molecule has 4 fully saturated rings. The van der Waals surface area contributed by atoms with Gasteiger partial charge < -0.3 is 67.3 Å². The fourth-order valence-corrected chi connectivity index (χ4v) is 6.04. The van der Waals surface area contributed by atoms with Gasteiger partial charge in [-0.05, 0) is 57.5 Å². The van der Waals surface area contributed by atoms with Gasteiger partial charge in [0.2, 0.25) is 0 Å². The summed E-state index contributed by atoms with van der Waals surface area (Å²) in [6, 6.07) is 11.8. The van der Waals surface area contributed by atoms with Crippen molar-refractivity contribution in [1.29, 1.82) is 0 Å². The Labute approximate surface area is 397 Å². The molecule has 6 rings (SSSR count). The third-order valence-electron chi connectivity index (χ3n) is 6.88. The molecule has 0 bridgehead atoms. The summed E-state index contributed by atoms with van der Waals surface area (Å²) in [6.07, 6.45) is 8.79. The molecule has 58 heavy (non-hydrogen) atoms. The quantitative estimate of drug-likeness (QED) is 0.406. The fraction of sp³-hybridized carbons (Fsp3) is 0.750. The molecule has 0 saturated carbocycles. The topological polar surface area (TPSA) is 148 Å².